The van der Waals surface area contributed by atoms with Gasteiger partial charge in [-0.25, -0.2) is 4.79 Å². The molecule has 0 atom stereocenters. The molecule has 1 saturated heterocycles. The summed E-state index contributed by atoms with van der Waals surface area (Å²) in [5.41, 5.74) is 0. The fraction of sp³-hybridized carbons (Fsp3) is 0.800. The number of unbranched alkanes of at least 4 members (excludes halogenated alkanes) is 1. The molecule has 1 rings (SSSR count). The number of hydrogen-bond acceptors (Lipinski definition) is 2. The second-order valence-corrected chi connectivity index (χ2v) is 3.71. The summed E-state index contributed by atoms with van der Waals surface area (Å²) in [4.78, 5) is 24.4. The molecule has 5 nitrogen and oxygen atoms in total. The van der Waals surface area contributed by atoms with Crippen molar-refractivity contribution >= 4 is 11.9 Å². The third-order valence-corrected chi connectivity index (χ3v) is 2.36. The predicted molar refractivity (Wildman–Crippen MR) is 57.5 cm³/mol. The molecule has 0 aromatic heterocycles. The standard InChI is InChI=1S/C10H19N3O2/c1-2-3-5-12-10(15)13-7-4-6-11-9(14)8-13/h2-8H2,1H3,(H,11,14)(H,12,15). The van der Waals surface area contributed by atoms with Gasteiger partial charge in [0.05, 0.1) is 0 Å². The summed E-state index contributed by atoms with van der Waals surface area (Å²) in [5, 5.41) is 5.54. The van der Waals surface area contributed by atoms with Crippen molar-refractivity contribution in [3.8, 4) is 0 Å². The van der Waals surface area contributed by atoms with E-state index in [-0.39, 0.29) is 18.5 Å². The number of urea groups is 1. The van der Waals surface area contributed by atoms with Gasteiger partial charge in [0.1, 0.15) is 6.54 Å². The molecule has 0 aliphatic carbocycles. The van der Waals surface area contributed by atoms with Gasteiger partial charge in [-0.05, 0) is 12.8 Å². The van der Waals surface area contributed by atoms with Crippen molar-refractivity contribution in [1.29, 1.82) is 0 Å². The molecule has 86 valence electrons. The lowest BCUT2D eigenvalue weighted by Gasteiger charge is -2.19. The molecule has 2 N–H and O–H groups in total. The van der Waals surface area contributed by atoms with Crippen LogP contribution in [0, 0.1) is 0 Å². The largest absolute Gasteiger partial charge is 0.354 e. The second-order valence-electron chi connectivity index (χ2n) is 3.71. The predicted octanol–water partition coefficient (Wildman–Crippen LogP) is 0.318. The number of carbonyl (C=O) groups excluding carboxylic acids is 2. The first-order valence-electron chi connectivity index (χ1n) is 5.53. The fourth-order valence-corrected chi connectivity index (χ4v) is 1.46. The minimum atomic E-state index is -0.125. The number of carbonyl (C=O) groups is 2. The Bertz CT molecular complexity index is 231. The summed E-state index contributed by atoms with van der Waals surface area (Å²) in [6.45, 7) is 4.26. The topological polar surface area (TPSA) is 61.4 Å². The van der Waals surface area contributed by atoms with E-state index in [1.54, 1.807) is 4.90 Å². The smallest absolute Gasteiger partial charge is 0.317 e. The molecule has 1 fully saturated rings. The number of rotatable bonds is 3. The summed E-state index contributed by atoms with van der Waals surface area (Å²) in [6.07, 6.45) is 2.86. The Morgan fingerprint density at radius 2 is 2.40 bits per heavy atom. The Morgan fingerprint density at radius 1 is 1.60 bits per heavy atom. The van der Waals surface area contributed by atoms with Crippen LogP contribution in [0.1, 0.15) is 26.2 Å². The molecule has 1 heterocycles. The Labute approximate surface area is 90.2 Å². The van der Waals surface area contributed by atoms with Gasteiger partial charge >= 0.3 is 6.03 Å². The third kappa shape index (κ3) is 4.18. The molecule has 1 aliphatic rings. The van der Waals surface area contributed by atoms with E-state index in [0.717, 1.165) is 19.3 Å². The summed E-state index contributed by atoms with van der Waals surface area (Å²) < 4.78 is 0. The maximum atomic E-state index is 11.6. The normalized spacial score (nSPS) is 16.9. The lowest BCUT2D eigenvalue weighted by Crippen LogP contribution is -2.43. The molecule has 3 amide bonds. The summed E-state index contributed by atoms with van der Waals surface area (Å²) >= 11 is 0. The van der Waals surface area contributed by atoms with Crippen LogP contribution in [0.4, 0.5) is 4.79 Å². The second kappa shape index (κ2) is 6.27. The maximum absolute atomic E-state index is 11.6. The maximum Gasteiger partial charge on any atom is 0.317 e. The third-order valence-electron chi connectivity index (χ3n) is 2.36. The van der Waals surface area contributed by atoms with Crippen LogP contribution in [-0.4, -0.2) is 43.0 Å². The number of nitrogens with one attached hydrogen (secondary N) is 2. The Morgan fingerprint density at radius 3 is 3.13 bits per heavy atom. The Kier molecular flexibility index (Phi) is 4.93. The average molecular weight is 213 g/mol. The van der Waals surface area contributed by atoms with Gasteiger partial charge in [0, 0.05) is 19.6 Å². The molecule has 0 bridgehead atoms. The Balaban J connectivity index is 2.33. The number of hydrogen-bond donors (Lipinski definition) is 2. The van der Waals surface area contributed by atoms with Gasteiger partial charge in [-0.1, -0.05) is 13.3 Å². The zero-order chi connectivity index (χ0) is 11.1. The van der Waals surface area contributed by atoms with Crippen molar-refractivity contribution in [2.75, 3.05) is 26.2 Å². The molecular weight excluding hydrogens is 194 g/mol. The van der Waals surface area contributed by atoms with E-state index in [0.29, 0.717) is 19.6 Å². The summed E-state index contributed by atoms with van der Waals surface area (Å²) in [7, 11) is 0. The van der Waals surface area contributed by atoms with E-state index in [1.807, 2.05) is 0 Å². The van der Waals surface area contributed by atoms with Crippen molar-refractivity contribution in [1.82, 2.24) is 15.5 Å². The highest BCUT2D eigenvalue weighted by atomic mass is 16.2. The van der Waals surface area contributed by atoms with Gasteiger partial charge in [-0.15, -0.1) is 0 Å². The van der Waals surface area contributed by atoms with Gasteiger partial charge in [-0.2, -0.15) is 0 Å². The highest BCUT2D eigenvalue weighted by Gasteiger charge is 2.18. The lowest BCUT2D eigenvalue weighted by molar-refractivity contribution is -0.121. The van der Waals surface area contributed by atoms with Crippen LogP contribution in [0.15, 0.2) is 0 Å². The van der Waals surface area contributed by atoms with Crippen LogP contribution in [0.3, 0.4) is 0 Å². The first kappa shape index (κ1) is 11.8. The first-order valence-corrected chi connectivity index (χ1v) is 5.53. The average Bonchev–Trinajstić information content (AvgIpc) is 2.43. The van der Waals surface area contributed by atoms with E-state index in [9.17, 15) is 9.59 Å². The van der Waals surface area contributed by atoms with Crippen LogP contribution < -0.4 is 10.6 Å². The van der Waals surface area contributed by atoms with Crippen LogP contribution in [-0.2, 0) is 4.79 Å². The highest BCUT2D eigenvalue weighted by molar-refractivity contribution is 5.84. The minimum Gasteiger partial charge on any atom is -0.354 e. The van der Waals surface area contributed by atoms with Crippen LogP contribution in [0.5, 0.6) is 0 Å². The van der Waals surface area contributed by atoms with Crippen molar-refractivity contribution in [2.45, 2.75) is 26.2 Å². The van der Waals surface area contributed by atoms with E-state index >= 15 is 0 Å². The molecule has 0 spiro atoms. The molecule has 0 radical (unpaired) electrons. The molecule has 0 aromatic carbocycles. The van der Waals surface area contributed by atoms with Crippen LogP contribution >= 0.6 is 0 Å². The quantitative estimate of drug-likeness (QED) is 0.663. The van der Waals surface area contributed by atoms with Crippen LogP contribution in [0.25, 0.3) is 0 Å². The molecule has 1 aliphatic heterocycles. The molecular formula is C10H19N3O2. The summed E-state index contributed by atoms with van der Waals surface area (Å²) in [5.74, 6) is -0.0712. The minimum absolute atomic E-state index is 0.0712. The van der Waals surface area contributed by atoms with Gasteiger partial charge < -0.3 is 15.5 Å². The van der Waals surface area contributed by atoms with E-state index in [2.05, 4.69) is 17.6 Å². The Hall–Kier alpha value is -1.26. The fourth-order valence-electron chi connectivity index (χ4n) is 1.46. The van der Waals surface area contributed by atoms with Crippen molar-refractivity contribution in [3.63, 3.8) is 0 Å². The molecule has 0 saturated carbocycles. The van der Waals surface area contributed by atoms with Crippen molar-refractivity contribution < 1.29 is 9.59 Å². The number of nitrogens with zero attached hydrogens (tertiary/aromatic N) is 1. The molecule has 5 heteroatoms. The molecule has 15 heavy (non-hydrogen) atoms. The van der Waals surface area contributed by atoms with E-state index in [1.165, 1.54) is 0 Å². The van der Waals surface area contributed by atoms with Crippen LogP contribution in [0.2, 0.25) is 0 Å². The summed E-state index contributed by atoms with van der Waals surface area (Å²) in [6, 6.07) is -0.125. The zero-order valence-electron chi connectivity index (χ0n) is 9.21. The monoisotopic (exact) mass is 213 g/mol. The van der Waals surface area contributed by atoms with Gasteiger partial charge in [-0.3, -0.25) is 4.79 Å². The zero-order valence-corrected chi connectivity index (χ0v) is 9.21. The van der Waals surface area contributed by atoms with Crippen molar-refractivity contribution in [3.05, 3.63) is 0 Å². The van der Waals surface area contributed by atoms with E-state index < -0.39 is 0 Å². The molecule has 0 unspecified atom stereocenters. The molecule has 0 aromatic rings. The SMILES string of the molecule is CCCCNC(=O)N1CCCNC(=O)C1. The van der Waals surface area contributed by atoms with Crippen molar-refractivity contribution in [2.24, 2.45) is 0 Å². The number of amides is 3. The first-order chi connectivity index (χ1) is 7.24. The lowest BCUT2D eigenvalue weighted by atomic mass is 10.3. The van der Waals surface area contributed by atoms with Gasteiger partial charge in [0.15, 0.2) is 0 Å². The van der Waals surface area contributed by atoms with E-state index in [4.69, 9.17) is 0 Å². The van der Waals surface area contributed by atoms with Gasteiger partial charge in [0.25, 0.3) is 0 Å². The van der Waals surface area contributed by atoms with Gasteiger partial charge in [0.2, 0.25) is 5.91 Å². The highest BCUT2D eigenvalue weighted by Crippen LogP contribution is 1.97.